The minimum absolute atomic E-state index is 0.0624. The summed E-state index contributed by atoms with van der Waals surface area (Å²) in [7, 11) is 1.04. The van der Waals surface area contributed by atoms with Crippen LogP contribution in [0.2, 0.25) is 0 Å². The van der Waals surface area contributed by atoms with Crippen LogP contribution in [-0.4, -0.2) is 56.4 Å². The van der Waals surface area contributed by atoms with Crippen LogP contribution in [0.25, 0.3) is 0 Å². The quantitative estimate of drug-likeness (QED) is 0.0933. The van der Waals surface area contributed by atoms with E-state index >= 15 is 0 Å². The number of benzene rings is 4. The summed E-state index contributed by atoms with van der Waals surface area (Å²) in [4.78, 5) is 0. The molecule has 0 fully saturated rings. The van der Waals surface area contributed by atoms with E-state index in [9.17, 15) is 96.6 Å². The second kappa shape index (κ2) is 16.1. The zero-order chi connectivity index (χ0) is 46.6. The average Bonchev–Trinajstić information content (AvgIpc) is 3.16. The first-order valence-electron chi connectivity index (χ1n) is 15.8. The molecule has 0 bridgehead atoms. The maximum Gasteiger partial charge on any atom is 0.411 e. The van der Waals surface area contributed by atoms with Crippen LogP contribution in [0.3, 0.4) is 0 Å². The number of hydrogen-bond acceptors (Lipinski definition) is 4. The molecule has 0 radical (unpaired) electrons. The summed E-state index contributed by atoms with van der Waals surface area (Å²) < 4.78 is 332. The summed E-state index contributed by atoms with van der Waals surface area (Å²) in [5.74, 6) is -59.0. The molecule has 0 N–H and O–H groups in total. The standard InChI is InChI=1S/C35H18F22O4/c1-13-18(36)20(38)26(21(39)19(13)37)59-11-29(44,45)32(48,49)33(50,51)30(46,47)12-60-27-22(40)24(42)28(25(43)23(27)41)61-17-9-5-15(6-10-17)31(34(52,53)54,35(55,56)57)14-3-7-16(58-2)8-4-14/h3-10H,11-12H2,1-2H3. The van der Waals surface area contributed by atoms with Gasteiger partial charge in [0.05, 0.1) is 7.11 Å². The lowest BCUT2D eigenvalue weighted by Crippen LogP contribution is -2.65. The summed E-state index contributed by atoms with van der Waals surface area (Å²) in [6.07, 6.45) is -12.3. The molecule has 4 nitrogen and oxygen atoms in total. The van der Waals surface area contributed by atoms with Gasteiger partial charge >= 0.3 is 36.0 Å². The van der Waals surface area contributed by atoms with E-state index in [1.165, 1.54) is 0 Å². The number of ether oxygens (including phenoxy) is 4. The number of rotatable bonds is 14. The third-order valence-corrected chi connectivity index (χ3v) is 8.61. The van der Waals surface area contributed by atoms with Crippen molar-refractivity contribution in [2.24, 2.45) is 0 Å². The highest BCUT2D eigenvalue weighted by molar-refractivity contribution is 5.48. The van der Waals surface area contributed by atoms with E-state index in [0.717, 1.165) is 19.2 Å². The third kappa shape index (κ3) is 7.96. The largest absolute Gasteiger partial charge is 0.497 e. The van der Waals surface area contributed by atoms with Crippen molar-refractivity contribution in [3.63, 3.8) is 0 Å². The van der Waals surface area contributed by atoms with E-state index in [2.05, 4.69) is 14.2 Å². The first-order chi connectivity index (χ1) is 27.7. The van der Waals surface area contributed by atoms with Gasteiger partial charge in [-0.25, -0.2) is 8.78 Å². The van der Waals surface area contributed by atoms with Crippen LogP contribution in [0.5, 0.6) is 28.7 Å². The number of hydrogen-bond donors (Lipinski definition) is 0. The molecule has 0 aliphatic heterocycles. The Labute approximate surface area is 325 Å². The van der Waals surface area contributed by atoms with Gasteiger partial charge in [-0.2, -0.15) is 87.8 Å². The van der Waals surface area contributed by atoms with Crippen LogP contribution < -0.4 is 18.9 Å². The highest BCUT2D eigenvalue weighted by atomic mass is 19.4. The van der Waals surface area contributed by atoms with Crippen LogP contribution in [0.15, 0.2) is 48.5 Å². The van der Waals surface area contributed by atoms with Gasteiger partial charge in [-0.3, -0.25) is 0 Å². The van der Waals surface area contributed by atoms with Crippen molar-refractivity contribution in [2.75, 3.05) is 20.3 Å². The molecule has 4 rings (SSSR count). The van der Waals surface area contributed by atoms with Crippen molar-refractivity contribution in [2.45, 2.75) is 48.4 Å². The van der Waals surface area contributed by atoms with E-state index in [-0.39, 0.29) is 30.0 Å². The van der Waals surface area contributed by atoms with Gasteiger partial charge < -0.3 is 18.9 Å². The van der Waals surface area contributed by atoms with Crippen molar-refractivity contribution >= 4 is 0 Å². The molecule has 61 heavy (non-hydrogen) atoms. The van der Waals surface area contributed by atoms with E-state index < -0.39 is 141 Å². The van der Waals surface area contributed by atoms with Gasteiger partial charge in [-0.15, -0.1) is 0 Å². The lowest BCUT2D eigenvalue weighted by atomic mass is 9.73. The summed E-state index contributed by atoms with van der Waals surface area (Å²) in [5, 5.41) is 0. The molecule has 0 aliphatic carbocycles. The Morgan fingerprint density at radius 2 is 0.705 bits per heavy atom. The van der Waals surface area contributed by atoms with Crippen molar-refractivity contribution in [3.8, 4) is 28.7 Å². The fraction of sp³-hybridized carbons (Fsp3) is 0.314. The highest BCUT2D eigenvalue weighted by Gasteiger charge is 2.81. The average molecular weight is 920 g/mol. The Bertz CT molecular complexity index is 2180. The molecule has 0 spiro atoms. The Balaban J connectivity index is 1.61. The molecule has 0 aromatic heterocycles. The first-order valence-corrected chi connectivity index (χ1v) is 15.8. The smallest absolute Gasteiger partial charge is 0.411 e. The molecule has 0 atom stereocenters. The molecule has 4 aromatic rings. The van der Waals surface area contributed by atoms with Crippen molar-refractivity contribution in [1.29, 1.82) is 0 Å². The lowest BCUT2D eigenvalue weighted by Gasteiger charge is -2.38. The fourth-order valence-corrected chi connectivity index (χ4v) is 5.34. The monoisotopic (exact) mass is 920 g/mol. The third-order valence-electron chi connectivity index (χ3n) is 8.61. The Hall–Kier alpha value is -5.46. The second-order valence-corrected chi connectivity index (χ2v) is 12.4. The van der Waals surface area contributed by atoms with Gasteiger partial charge in [-0.1, -0.05) is 24.3 Å². The van der Waals surface area contributed by atoms with Crippen LogP contribution in [-0.2, 0) is 5.41 Å². The van der Waals surface area contributed by atoms with E-state index in [4.69, 9.17) is 4.74 Å². The molecule has 0 saturated heterocycles. The zero-order valence-electron chi connectivity index (χ0n) is 29.5. The minimum atomic E-state index is -7.46. The predicted molar refractivity (Wildman–Crippen MR) is 160 cm³/mol. The molecule has 0 saturated carbocycles. The zero-order valence-corrected chi connectivity index (χ0v) is 29.5. The summed E-state index contributed by atoms with van der Waals surface area (Å²) in [5.41, 5.74) is -9.29. The van der Waals surface area contributed by atoms with E-state index in [1.54, 1.807) is 0 Å². The maximum atomic E-state index is 14.8. The molecule has 4 aromatic carbocycles. The number of halogens is 22. The Kier molecular flexibility index (Phi) is 12.7. The molecule has 0 heterocycles. The number of methoxy groups -OCH3 is 1. The van der Waals surface area contributed by atoms with Crippen molar-refractivity contribution in [3.05, 3.63) is 112 Å². The predicted octanol–water partition coefficient (Wildman–Crippen LogP) is 12.3. The van der Waals surface area contributed by atoms with Gasteiger partial charge in [0.2, 0.25) is 46.1 Å². The fourth-order valence-electron chi connectivity index (χ4n) is 5.34. The molecule has 0 aliphatic rings. The van der Waals surface area contributed by atoms with Crippen LogP contribution in [0.1, 0.15) is 16.7 Å². The molecule has 336 valence electrons. The van der Waals surface area contributed by atoms with Gasteiger partial charge in [-0.05, 0) is 42.3 Å². The lowest BCUT2D eigenvalue weighted by molar-refractivity contribution is -0.372. The Morgan fingerprint density at radius 1 is 0.410 bits per heavy atom. The van der Waals surface area contributed by atoms with Gasteiger partial charge in [0, 0.05) is 5.56 Å². The van der Waals surface area contributed by atoms with E-state index in [0.29, 0.717) is 19.1 Å². The van der Waals surface area contributed by atoms with Crippen LogP contribution in [0, 0.1) is 53.5 Å². The summed E-state index contributed by atoms with van der Waals surface area (Å²) >= 11 is 0. The SMILES string of the molecule is COc1ccc(C(c2ccc(Oc3c(F)c(F)c(OCC(F)(F)C(F)(F)C(F)(F)C(F)(F)COc4c(F)c(F)c(C)c(F)c4F)c(F)c3F)cc2)(C(F)(F)F)C(F)(F)F)cc1. The maximum absolute atomic E-state index is 14.8. The molecular weight excluding hydrogens is 902 g/mol. The Morgan fingerprint density at radius 3 is 1.02 bits per heavy atom. The minimum Gasteiger partial charge on any atom is -0.497 e. The molecule has 0 amide bonds. The van der Waals surface area contributed by atoms with Crippen LogP contribution >= 0.6 is 0 Å². The van der Waals surface area contributed by atoms with E-state index in [1.807, 2.05) is 0 Å². The van der Waals surface area contributed by atoms with Crippen molar-refractivity contribution in [1.82, 2.24) is 0 Å². The normalized spacial score (nSPS) is 13.4. The van der Waals surface area contributed by atoms with Crippen molar-refractivity contribution < 1.29 is 116 Å². The second-order valence-electron chi connectivity index (χ2n) is 12.4. The van der Waals surface area contributed by atoms with Crippen LogP contribution in [0.4, 0.5) is 96.6 Å². The van der Waals surface area contributed by atoms with Gasteiger partial charge in [0.15, 0.2) is 36.3 Å². The summed E-state index contributed by atoms with van der Waals surface area (Å²) in [6.45, 7) is -6.55. The summed E-state index contributed by atoms with van der Waals surface area (Å²) in [6, 6.07) is 2.79. The molecule has 26 heteroatoms. The van der Waals surface area contributed by atoms with Gasteiger partial charge in [0.1, 0.15) is 11.5 Å². The topological polar surface area (TPSA) is 36.9 Å². The first kappa shape index (κ1) is 48.2. The number of alkyl halides is 14. The molecular formula is C35H18F22O4. The highest BCUT2D eigenvalue weighted by Crippen LogP contribution is 2.57. The molecule has 0 unspecified atom stereocenters. The van der Waals surface area contributed by atoms with Gasteiger partial charge in [0.25, 0.3) is 0 Å².